The van der Waals surface area contributed by atoms with Gasteiger partial charge in [-0.2, -0.15) is 0 Å². The summed E-state index contributed by atoms with van der Waals surface area (Å²) in [5.74, 6) is 1.01. The molecule has 2 heterocycles. The lowest BCUT2D eigenvalue weighted by atomic mass is 10.2. The average Bonchev–Trinajstić information content (AvgIpc) is 3.07. The van der Waals surface area contributed by atoms with E-state index < -0.39 is 0 Å². The van der Waals surface area contributed by atoms with Crippen LogP contribution in [0.3, 0.4) is 0 Å². The third-order valence-corrected chi connectivity index (χ3v) is 4.18. The smallest absolute Gasteiger partial charge is 0.131 e. The summed E-state index contributed by atoms with van der Waals surface area (Å²) in [6.07, 6.45) is 4.40. The van der Waals surface area contributed by atoms with E-state index in [1.165, 1.54) is 17.7 Å². The summed E-state index contributed by atoms with van der Waals surface area (Å²) in [7, 11) is 0. The second-order valence-electron chi connectivity index (χ2n) is 4.84. The van der Waals surface area contributed by atoms with Crippen LogP contribution in [0.5, 0.6) is 0 Å². The number of hydrogen-bond acceptors (Lipinski definition) is 4. The Labute approximate surface area is 111 Å². The molecule has 3 rings (SSSR count). The average molecular weight is 259 g/mol. The van der Waals surface area contributed by atoms with Crippen LogP contribution in [0, 0.1) is 6.92 Å². The fourth-order valence-corrected chi connectivity index (χ4v) is 2.74. The molecule has 0 radical (unpaired) electrons. The van der Waals surface area contributed by atoms with Gasteiger partial charge in [-0.05, 0) is 36.8 Å². The maximum absolute atomic E-state index is 5.99. The highest BCUT2D eigenvalue weighted by molar-refractivity contribution is 7.09. The third-order valence-electron chi connectivity index (χ3n) is 3.32. The fraction of sp³-hybridized carbons (Fsp3) is 0.357. The minimum Gasteiger partial charge on any atom is -0.398 e. The topological polar surface area (TPSA) is 42.2 Å². The van der Waals surface area contributed by atoms with Crippen molar-refractivity contribution in [2.45, 2.75) is 32.4 Å². The molecule has 0 unspecified atom stereocenters. The molecular weight excluding hydrogens is 242 g/mol. The molecule has 1 fully saturated rings. The number of rotatable bonds is 4. The molecule has 0 amide bonds. The monoisotopic (exact) mass is 259 g/mol. The van der Waals surface area contributed by atoms with E-state index in [-0.39, 0.29) is 0 Å². The van der Waals surface area contributed by atoms with E-state index in [4.69, 9.17) is 5.73 Å². The molecule has 0 bridgehead atoms. The summed E-state index contributed by atoms with van der Waals surface area (Å²) in [5, 5.41) is 2.12. The molecule has 0 aliphatic heterocycles. The summed E-state index contributed by atoms with van der Waals surface area (Å²) in [6.45, 7) is 2.94. The Bertz CT molecular complexity index is 532. The van der Waals surface area contributed by atoms with Crippen LogP contribution in [0.4, 0.5) is 11.5 Å². The molecule has 4 heteroatoms. The van der Waals surface area contributed by atoms with Crippen LogP contribution in [-0.2, 0) is 6.54 Å². The lowest BCUT2D eigenvalue weighted by Gasteiger charge is -2.23. The Kier molecular flexibility index (Phi) is 2.96. The number of thiophene rings is 1. The second-order valence-corrected chi connectivity index (χ2v) is 5.87. The standard InChI is InChI=1S/C14H17N3S/c1-10-8-16-14(7-13(10)15)17(11-4-5-11)9-12-3-2-6-18-12/h2-3,6-8,11H,4-5,9H2,1H3,(H2,15,16). The number of nitrogen functional groups attached to an aromatic ring is 1. The van der Waals surface area contributed by atoms with Crippen molar-refractivity contribution in [3.8, 4) is 0 Å². The van der Waals surface area contributed by atoms with Gasteiger partial charge in [0.05, 0.1) is 6.54 Å². The van der Waals surface area contributed by atoms with Gasteiger partial charge in [0.2, 0.25) is 0 Å². The summed E-state index contributed by atoms with van der Waals surface area (Å²) in [6, 6.07) is 6.92. The molecule has 0 aromatic carbocycles. The van der Waals surface area contributed by atoms with Crippen molar-refractivity contribution in [3.05, 3.63) is 40.2 Å². The number of aryl methyl sites for hydroxylation is 1. The van der Waals surface area contributed by atoms with Crippen molar-refractivity contribution >= 4 is 22.8 Å². The quantitative estimate of drug-likeness (QED) is 0.916. The Hall–Kier alpha value is -1.55. The van der Waals surface area contributed by atoms with Crippen molar-refractivity contribution in [2.24, 2.45) is 0 Å². The first kappa shape index (κ1) is 11.5. The number of anilines is 2. The molecule has 1 saturated carbocycles. The molecule has 2 aromatic heterocycles. The van der Waals surface area contributed by atoms with Crippen LogP contribution >= 0.6 is 11.3 Å². The van der Waals surface area contributed by atoms with Gasteiger partial charge in [-0.15, -0.1) is 11.3 Å². The van der Waals surface area contributed by atoms with Crippen LogP contribution in [0.1, 0.15) is 23.3 Å². The van der Waals surface area contributed by atoms with E-state index in [1.54, 1.807) is 11.3 Å². The van der Waals surface area contributed by atoms with Gasteiger partial charge >= 0.3 is 0 Å². The molecule has 1 aliphatic rings. The highest BCUT2D eigenvalue weighted by Crippen LogP contribution is 2.33. The second kappa shape index (κ2) is 4.61. The highest BCUT2D eigenvalue weighted by atomic mass is 32.1. The predicted octanol–water partition coefficient (Wildman–Crippen LogP) is 3.20. The molecule has 18 heavy (non-hydrogen) atoms. The normalized spacial score (nSPS) is 14.7. The van der Waals surface area contributed by atoms with Crippen molar-refractivity contribution in [2.75, 3.05) is 10.6 Å². The maximum Gasteiger partial charge on any atom is 0.131 e. The van der Waals surface area contributed by atoms with Crippen LogP contribution in [0.2, 0.25) is 0 Å². The van der Waals surface area contributed by atoms with E-state index in [0.717, 1.165) is 23.6 Å². The zero-order chi connectivity index (χ0) is 12.5. The summed E-state index contributed by atoms with van der Waals surface area (Å²) in [4.78, 5) is 8.29. The van der Waals surface area contributed by atoms with Crippen molar-refractivity contribution in [1.29, 1.82) is 0 Å². The number of hydrogen-bond donors (Lipinski definition) is 1. The molecule has 3 nitrogen and oxygen atoms in total. The molecule has 2 N–H and O–H groups in total. The highest BCUT2D eigenvalue weighted by Gasteiger charge is 2.30. The van der Waals surface area contributed by atoms with Crippen LogP contribution < -0.4 is 10.6 Å². The van der Waals surface area contributed by atoms with Crippen LogP contribution in [0.15, 0.2) is 29.8 Å². The largest absolute Gasteiger partial charge is 0.398 e. The van der Waals surface area contributed by atoms with Crippen molar-refractivity contribution in [1.82, 2.24) is 4.98 Å². The number of pyridine rings is 1. The van der Waals surface area contributed by atoms with E-state index >= 15 is 0 Å². The van der Waals surface area contributed by atoms with Crippen molar-refractivity contribution < 1.29 is 0 Å². The third kappa shape index (κ3) is 2.34. The Morgan fingerprint density at radius 3 is 2.94 bits per heavy atom. The minimum atomic E-state index is 0.640. The molecule has 2 aromatic rings. The van der Waals surface area contributed by atoms with Gasteiger partial charge in [-0.1, -0.05) is 6.07 Å². The first-order valence-corrected chi connectivity index (χ1v) is 7.13. The van der Waals surface area contributed by atoms with E-state index in [9.17, 15) is 0 Å². The maximum atomic E-state index is 5.99. The SMILES string of the molecule is Cc1cnc(N(Cc2cccs2)C2CC2)cc1N. The summed E-state index contributed by atoms with van der Waals surface area (Å²) in [5.41, 5.74) is 7.87. The lowest BCUT2D eigenvalue weighted by molar-refractivity contribution is 0.786. The first-order chi connectivity index (χ1) is 8.74. The zero-order valence-electron chi connectivity index (χ0n) is 10.5. The lowest BCUT2D eigenvalue weighted by Crippen LogP contribution is -2.25. The number of nitrogens with zero attached hydrogens (tertiary/aromatic N) is 2. The summed E-state index contributed by atoms with van der Waals surface area (Å²) < 4.78 is 0. The van der Waals surface area contributed by atoms with Crippen LogP contribution in [-0.4, -0.2) is 11.0 Å². The first-order valence-electron chi connectivity index (χ1n) is 6.25. The van der Waals surface area contributed by atoms with Gasteiger partial charge in [-0.25, -0.2) is 4.98 Å². The van der Waals surface area contributed by atoms with Gasteiger partial charge in [-0.3, -0.25) is 0 Å². The molecule has 0 spiro atoms. The van der Waals surface area contributed by atoms with E-state index in [0.29, 0.717) is 6.04 Å². The van der Waals surface area contributed by atoms with Crippen LogP contribution in [0.25, 0.3) is 0 Å². The van der Waals surface area contributed by atoms with Gasteiger partial charge < -0.3 is 10.6 Å². The van der Waals surface area contributed by atoms with Crippen molar-refractivity contribution in [3.63, 3.8) is 0 Å². The molecular formula is C14H17N3S. The number of aromatic nitrogens is 1. The number of nitrogens with two attached hydrogens (primary N) is 1. The zero-order valence-corrected chi connectivity index (χ0v) is 11.3. The van der Waals surface area contributed by atoms with Gasteiger partial charge in [0.25, 0.3) is 0 Å². The fourth-order valence-electron chi connectivity index (χ4n) is 2.04. The van der Waals surface area contributed by atoms with E-state index in [2.05, 4.69) is 27.4 Å². The molecule has 94 valence electrons. The van der Waals surface area contributed by atoms with Gasteiger partial charge in [0.1, 0.15) is 5.82 Å². The van der Waals surface area contributed by atoms with E-state index in [1.807, 2.05) is 19.2 Å². The minimum absolute atomic E-state index is 0.640. The Balaban J connectivity index is 1.86. The molecule has 1 aliphatic carbocycles. The Morgan fingerprint density at radius 2 is 2.33 bits per heavy atom. The van der Waals surface area contributed by atoms with Gasteiger partial charge in [0.15, 0.2) is 0 Å². The Morgan fingerprint density at radius 1 is 1.50 bits per heavy atom. The predicted molar refractivity (Wildman–Crippen MR) is 76.9 cm³/mol. The van der Waals surface area contributed by atoms with Gasteiger partial charge in [0, 0.05) is 28.9 Å². The molecule has 0 atom stereocenters. The molecule has 0 saturated heterocycles. The summed E-state index contributed by atoms with van der Waals surface area (Å²) >= 11 is 1.80.